The Hall–Kier alpha value is -2.08. The molecule has 1 unspecified atom stereocenters. The van der Waals surface area contributed by atoms with Gasteiger partial charge in [0.1, 0.15) is 5.54 Å². The lowest BCUT2D eigenvalue weighted by Gasteiger charge is -2.23. The molecule has 1 fully saturated rings. The first-order chi connectivity index (χ1) is 9.36. The van der Waals surface area contributed by atoms with Gasteiger partial charge in [0.15, 0.2) is 0 Å². The van der Waals surface area contributed by atoms with Crippen LogP contribution < -0.4 is 11.1 Å². The van der Waals surface area contributed by atoms with Crippen molar-refractivity contribution in [2.45, 2.75) is 18.9 Å². The van der Waals surface area contributed by atoms with Crippen LogP contribution in [0.25, 0.3) is 0 Å². The second kappa shape index (κ2) is 5.13. The highest BCUT2D eigenvalue weighted by Gasteiger charge is 2.49. The summed E-state index contributed by atoms with van der Waals surface area (Å²) in [6.07, 6.45) is -0.0717. The van der Waals surface area contributed by atoms with Crippen molar-refractivity contribution < 1.29 is 14.4 Å². The first-order valence-electron chi connectivity index (χ1n) is 6.03. The van der Waals surface area contributed by atoms with E-state index in [-0.39, 0.29) is 13.0 Å². The number of nitrogens with zero attached hydrogens (tertiary/aromatic N) is 1. The summed E-state index contributed by atoms with van der Waals surface area (Å²) in [5.41, 5.74) is 4.32. The largest absolute Gasteiger partial charge is 0.370 e. The first kappa shape index (κ1) is 14.3. The first-order valence-corrected chi connectivity index (χ1v) is 6.41. The third-order valence-electron chi connectivity index (χ3n) is 3.27. The molecule has 7 heteroatoms. The molecular formula is C13H14ClN3O3. The predicted molar refractivity (Wildman–Crippen MR) is 72.9 cm³/mol. The Kier molecular flexibility index (Phi) is 3.67. The minimum absolute atomic E-state index is 0.0416. The van der Waals surface area contributed by atoms with Gasteiger partial charge in [-0.25, -0.2) is 4.79 Å². The molecule has 0 spiro atoms. The van der Waals surface area contributed by atoms with Gasteiger partial charge in [0.25, 0.3) is 5.91 Å². The van der Waals surface area contributed by atoms with Gasteiger partial charge in [0.05, 0.1) is 0 Å². The summed E-state index contributed by atoms with van der Waals surface area (Å²) in [7, 11) is 0. The van der Waals surface area contributed by atoms with E-state index in [9.17, 15) is 14.4 Å². The molecule has 0 aromatic heterocycles. The number of hydrogen-bond donors (Lipinski definition) is 2. The number of benzene rings is 1. The Morgan fingerprint density at radius 1 is 1.40 bits per heavy atom. The van der Waals surface area contributed by atoms with Crippen molar-refractivity contribution in [3.63, 3.8) is 0 Å². The van der Waals surface area contributed by atoms with Crippen molar-refractivity contribution in [1.82, 2.24) is 10.2 Å². The Morgan fingerprint density at radius 3 is 2.65 bits per heavy atom. The van der Waals surface area contributed by atoms with Crippen molar-refractivity contribution in [1.29, 1.82) is 0 Å². The zero-order valence-electron chi connectivity index (χ0n) is 10.9. The molecule has 0 aliphatic carbocycles. The van der Waals surface area contributed by atoms with Gasteiger partial charge in [-0.3, -0.25) is 14.5 Å². The number of carbonyl (C=O) groups excluding carboxylic acids is 3. The Bertz CT molecular complexity index is 590. The highest BCUT2D eigenvalue weighted by Crippen LogP contribution is 2.33. The standard InChI is InChI=1S/C13H14ClN3O3/c1-13(8-4-2-3-5-9(8)14)11(19)17(12(20)16-13)7-6-10(15)18/h2-5H,6-7H2,1H3,(H2,15,18)(H,16,20). The Morgan fingerprint density at radius 2 is 2.05 bits per heavy atom. The highest BCUT2D eigenvalue weighted by molar-refractivity contribution is 6.32. The second-order valence-electron chi connectivity index (χ2n) is 4.71. The SMILES string of the molecule is CC1(c2ccccc2Cl)NC(=O)N(CCC(N)=O)C1=O. The van der Waals surface area contributed by atoms with Gasteiger partial charge in [0, 0.05) is 23.6 Å². The zero-order valence-corrected chi connectivity index (χ0v) is 11.6. The molecule has 0 saturated carbocycles. The fraction of sp³-hybridized carbons (Fsp3) is 0.308. The molecule has 2 rings (SSSR count). The number of urea groups is 1. The van der Waals surface area contributed by atoms with E-state index in [1.54, 1.807) is 31.2 Å². The number of primary amides is 1. The molecule has 6 nitrogen and oxygen atoms in total. The normalized spacial score (nSPS) is 22.0. The zero-order chi connectivity index (χ0) is 14.9. The van der Waals surface area contributed by atoms with Crippen molar-refractivity contribution in [3.05, 3.63) is 34.9 Å². The quantitative estimate of drug-likeness (QED) is 0.811. The van der Waals surface area contributed by atoms with Crippen LogP contribution in [0.5, 0.6) is 0 Å². The van der Waals surface area contributed by atoms with Crippen LogP contribution in [0.3, 0.4) is 0 Å². The molecule has 0 bridgehead atoms. The molecule has 106 valence electrons. The van der Waals surface area contributed by atoms with Gasteiger partial charge in [-0.1, -0.05) is 29.8 Å². The number of halogens is 1. The summed E-state index contributed by atoms with van der Waals surface area (Å²) in [6.45, 7) is 1.54. The molecule has 20 heavy (non-hydrogen) atoms. The molecule has 3 N–H and O–H groups in total. The van der Waals surface area contributed by atoms with Crippen LogP contribution in [0.2, 0.25) is 5.02 Å². The van der Waals surface area contributed by atoms with E-state index in [1.165, 1.54) is 0 Å². The molecule has 1 aromatic carbocycles. The predicted octanol–water partition coefficient (Wildman–Crippen LogP) is 0.982. The van der Waals surface area contributed by atoms with Gasteiger partial charge in [0.2, 0.25) is 5.91 Å². The van der Waals surface area contributed by atoms with Crippen LogP contribution in [-0.2, 0) is 15.1 Å². The molecule has 1 saturated heterocycles. The number of amides is 4. The Labute approximate surface area is 120 Å². The molecule has 1 heterocycles. The van der Waals surface area contributed by atoms with E-state index in [1.807, 2.05) is 0 Å². The molecule has 1 aliphatic rings. The summed E-state index contributed by atoms with van der Waals surface area (Å²) in [5.74, 6) is -1.02. The number of nitrogens with two attached hydrogens (primary N) is 1. The van der Waals surface area contributed by atoms with E-state index in [4.69, 9.17) is 17.3 Å². The summed E-state index contributed by atoms with van der Waals surface area (Å²) in [4.78, 5) is 36.1. The van der Waals surface area contributed by atoms with Crippen molar-refractivity contribution in [2.24, 2.45) is 5.73 Å². The number of nitrogens with one attached hydrogen (secondary N) is 1. The van der Waals surface area contributed by atoms with E-state index >= 15 is 0 Å². The van der Waals surface area contributed by atoms with Crippen LogP contribution in [0.1, 0.15) is 18.9 Å². The maximum absolute atomic E-state index is 12.4. The Balaban J connectivity index is 2.31. The van der Waals surface area contributed by atoms with Crippen LogP contribution in [0, 0.1) is 0 Å². The topological polar surface area (TPSA) is 92.5 Å². The molecule has 0 radical (unpaired) electrons. The van der Waals surface area contributed by atoms with Gasteiger partial charge in [-0.2, -0.15) is 0 Å². The molecule has 1 atom stereocenters. The monoisotopic (exact) mass is 295 g/mol. The third kappa shape index (κ3) is 2.34. The summed E-state index contributed by atoms with van der Waals surface area (Å²) < 4.78 is 0. The summed E-state index contributed by atoms with van der Waals surface area (Å²) in [5, 5.41) is 3.00. The van der Waals surface area contributed by atoms with Gasteiger partial charge >= 0.3 is 6.03 Å². The lowest BCUT2D eigenvalue weighted by Crippen LogP contribution is -2.41. The van der Waals surface area contributed by atoms with Crippen LogP contribution in [0.4, 0.5) is 4.79 Å². The van der Waals surface area contributed by atoms with Crippen molar-refractivity contribution in [3.8, 4) is 0 Å². The van der Waals surface area contributed by atoms with Gasteiger partial charge in [-0.15, -0.1) is 0 Å². The van der Waals surface area contributed by atoms with Gasteiger partial charge in [-0.05, 0) is 13.0 Å². The van der Waals surface area contributed by atoms with Crippen molar-refractivity contribution >= 4 is 29.4 Å². The molecule has 4 amide bonds. The van der Waals surface area contributed by atoms with Crippen LogP contribution in [-0.4, -0.2) is 29.3 Å². The highest BCUT2D eigenvalue weighted by atomic mass is 35.5. The smallest absolute Gasteiger partial charge is 0.325 e. The number of carbonyl (C=O) groups is 3. The average Bonchev–Trinajstić information content (AvgIpc) is 2.59. The second-order valence-corrected chi connectivity index (χ2v) is 5.12. The maximum atomic E-state index is 12.4. The lowest BCUT2D eigenvalue weighted by atomic mass is 9.92. The fourth-order valence-corrected chi connectivity index (χ4v) is 2.50. The van der Waals surface area contributed by atoms with Crippen LogP contribution in [0.15, 0.2) is 24.3 Å². The molecule has 1 aliphatic heterocycles. The van der Waals surface area contributed by atoms with Gasteiger partial charge < -0.3 is 11.1 Å². The van der Waals surface area contributed by atoms with Crippen molar-refractivity contribution in [2.75, 3.05) is 6.54 Å². The minimum atomic E-state index is -1.23. The fourth-order valence-electron chi connectivity index (χ4n) is 2.17. The van der Waals surface area contributed by atoms with E-state index in [0.29, 0.717) is 10.6 Å². The number of hydrogen-bond acceptors (Lipinski definition) is 3. The molecule has 1 aromatic rings. The summed E-state index contributed by atoms with van der Waals surface area (Å²) in [6, 6.07) is 6.24. The lowest BCUT2D eigenvalue weighted by molar-refractivity contribution is -0.131. The number of rotatable bonds is 4. The minimum Gasteiger partial charge on any atom is -0.370 e. The van der Waals surface area contributed by atoms with E-state index in [0.717, 1.165) is 4.90 Å². The van der Waals surface area contributed by atoms with Crippen LogP contribution >= 0.6 is 11.6 Å². The summed E-state index contributed by atoms with van der Waals surface area (Å²) >= 11 is 6.09. The van der Waals surface area contributed by atoms with E-state index in [2.05, 4.69) is 5.32 Å². The number of imide groups is 1. The maximum Gasteiger partial charge on any atom is 0.325 e. The molecular weight excluding hydrogens is 282 g/mol. The average molecular weight is 296 g/mol. The van der Waals surface area contributed by atoms with E-state index < -0.39 is 23.4 Å². The third-order valence-corrected chi connectivity index (χ3v) is 3.60.